The Morgan fingerprint density at radius 3 is 3.09 bits per heavy atom. The first-order valence-corrected chi connectivity index (χ1v) is 8.01. The summed E-state index contributed by atoms with van der Waals surface area (Å²) in [6.07, 6.45) is 0. The highest BCUT2D eigenvalue weighted by atomic mass is 35.5. The SMILES string of the molecule is CCOc1ccc(Cl)cc1CN(C)C[C@@]1(O)CNCCOC1. The largest absolute Gasteiger partial charge is 0.494 e. The predicted molar refractivity (Wildman–Crippen MR) is 87.6 cm³/mol. The zero-order valence-electron chi connectivity index (χ0n) is 13.3. The van der Waals surface area contributed by atoms with Crippen LogP contribution in [0.25, 0.3) is 0 Å². The topological polar surface area (TPSA) is 54.0 Å². The summed E-state index contributed by atoms with van der Waals surface area (Å²) in [7, 11) is 1.97. The standard InChI is InChI=1S/C16H25ClN2O3/c1-3-22-15-5-4-14(17)8-13(15)9-19(2)11-16(20)10-18-6-7-21-12-16/h4-5,8,18,20H,3,6-7,9-12H2,1-2H3/t16-/m0/s1. The minimum Gasteiger partial charge on any atom is -0.494 e. The number of ether oxygens (including phenoxy) is 2. The summed E-state index contributed by atoms with van der Waals surface area (Å²) >= 11 is 6.09. The number of likely N-dealkylation sites (N-methyl/N-ethyl adjacent to an activating group) is 1. The summed E-state index contributed by atoms with van der Waals surface area (Å²) < 4.78 is 11.1. The van der Waals surface area contributed by atoms with Crippen LogP contribution in [0.1, 0.15) is 12.5 Å². The number of nitrogens with one attached hydrogen (secondary N) is 1. The van der Waals surface area contributed by atoms with Crippen LogP contribution in [0.2, 0.25) is 5.02 Å². The summed E-state index contributed by atoms with van der Waals surface area (Å²) in [5.41, 5.74) is 0.137. The Balaban J connectivity index is 2.01. The average Bonchev–Trinajstić information content (AvgIpc) is 2.66. The number of β-amino-alcohol motifs (C(OH)–C–C–N with tert-alkyl or cyclic N) is 1. The van der Waals surface area contributed by atoms with Gasteiger partial charge in [-0.05, 0) is 32.2 Å². The molecule has 2 rings (SSSR count). The van der Waals surface area contributed by atoms with Gasteiger partial charge in [0.1, 0.15) is 11.4 Å². The molecule has 0 radical (unpaired) electrons. The molecule has 1 aliphatic rings. The van der Waals surface area contributed by atoms with E-state index in [0.717, 1.165) is 17.9 Å². The van der Waals surface area contributed by atoms with Crippen molar-refractivity contribution >= 4 is 11.6 Å². The molecule has 0 bridgehead atoms. The number of rotatable bonds is 6. The van der Waals surface area contributed by atoms with Gasteiger partial charge in [-0.2, -0.15) is 0 Å². The zero-order valence-corrected chi connectivity index (χ0v) is 14.0. The van der Waals surface area contributed by atoms with Gasteiger partial charge in [0.05, 0.1) is 19.8 Å². The van der Waals surface area contributed by atoms with Gasteiger partial charge in [0.25, 0.3) is 0 Å². The van der Waals surface area contributed by atoms with Crippen molar-refractivity contribution in [2.24, 2.45) is 0 Å². The van der Waals surface area contributed by atoms with Gasteiger partial charge >= 0.3 is 0 Å². The highest BCUT2D eigenvalue weighted by Gasteiger charge is 2.30. The van der Waals surface area contributed by atoms with Crippen LogP contribution in [0.15, 0.2) is 18.2 Å². The Kier molecular flexibility index (Phi) is 6.47. The molecule has 1 aromatic carbocycles. The molecule has 5 nitrogen and oxygen atoms in total. The van der Waals surface area contributed by atoms with Crippen LogP contribution < -0.4 is 10.1 Å². The second kappa shape index (κ2) is 8.13. The number of halogens is 1. The molecule has 0 unspecified atom stereocenters. The third-order valence-electron chi connectivity index (χ3n) is 3.57. The second-order valence-electron chi connectivity index (χ2n) is 5.81. The lowest BCUT2D eigenvalue weighted by atomic mass is 10.0. The van der Waals surface area contributed by atoms with Gasteiger partial charge in [-0.3, -0.25) is 4.90 Å². The monoisotopic (exact) mass is 328 g/mol. The molecular weight excluding hydrogens is 304 g/mol. The maximum Gasteiger partial charge on any atom is 0.123 e. The fourth-order valence-corrected chi connectivity index (χ4v) is 2.89. The Bertz CT molecular complexity index is 476. The predicted octanol–water partition coefficient (Wildman–Crippen LogP) is 1.52. The minimum atomic E-state index is -0.879. The number of benzene rings is 1. The van der Waals surface area contributed by atoms with E-state index < -0.39 is 5.60 Å². The first-order valence-electron chi connectivity index (χ1n) is 7.63. The highest BCUT2D eigenvalue weighted by Crippen LogP contribution is 2.24. The summed E-state index contributed by atoms with van der Waals surface area (Å²) in [6, 6.07) is 5.63. The van der Waals surface area contributed by atoms with Gasteiger partial charge in [-0.1, -0.05) is 11.6 Å². The van der Waals surface area contributed by atoms with E-state index in [4.69, 9.17) is 21.1 Å². The van der Waals surface area contributed by atoms with E-state index >= 15 is 0 Å². The van der Waals surface area contributed by atoms with Crippen molar-refractivity contribution in [2.45, 2.75) is 19.1 Å². The Morgan fingerprint density at radius 2 is 2.32 bits per heavy atom. The normalized spacial score (nSPS) is 22.6. The molecule has 6 heteroatoms. The third kappa shape index (κ3) is 5.11. The van der Waals surface area contributed by atoms with E-state index in [2.05, 4.69) is 10.2 Å². The van der Waals surface area contributed by atoms with Crippen LogP contribution in [0.3, 0.4) is 0 Å². The Labute approximate surface area is 137 Å². The smallest absolute Gasteiger partial charge is 0.123 e. The molecular formula is C16H25ClN2O3. The van der Waals surface area contributed by atoms with E-state index in [1.807, 2.05) is 32.2 Å². The molecule has 0 aromatic heterocycles. The zero-order chi connectivity index (χ0) is 16.0. The molecule has 1 atom stereocenters. The van der Waals surface area contributed by atoms with E-state index in [1.54, 1.807) is 0 Å². The molecule has 1 aliphatic heterocycles. The number of aliphatic hydroxyl groups is 1. The second-order valence-corrected chi connectivity index (χ2v) is 6.25. The molecule has 0 aliphatic carbocycles. The van der Waals surface area contributed by atoms with Gasteiger partial charge in [0.15, 0.2) is 0 Å². The van der Waals surface area contributed by atoms with Gasteiger partial charge in [0.2, 0.25) is 0 Å². The molecule has 124 valence electrons. The quantitative estimate of drug-likeness (QED) is 0.829. The van der Waals surface area contributed by atoms with Crippen LogP contribution in [0.4, 0.5) is 0 Å². The fraction of sp³-hybridized carbons (Fsp3) is 0.625. The molecule has 0 spiro atoms. The summed E-state index contributed by atoms with van der Waals surface area (Å²) in [4.78, 5) is 2.06. The first kappa shape index (κ1) is 17.5. The van der Waals surface area contributed by atoms with Crippen molar-refractivity contribution in [1.82, 2.24) is 10.2 Å². The molecule has 1 aromatic rings. The van der Waals surface area contributed by atoms with Gasteiger partial charge < -0.3 is 19.9 Å². The number of hydrogen-bond donors (Lipinski definition) is 2. The third-order valence-corrected chi connectivity index (χ3v) is 3.81. The summed E-state index contributed by atoms with van der Waals surface area (Å²) in [5, 5.41) is 14.5. The fourth-order valence-electron chi connectivity index (χ4n) is 2.70. The number of hydrogen-bond acceptors (Lipinski definition) is 5. The van der Waals surface area contributed by atoms with E-state index in [9.17, 15) is 5.11 Å². The average molecular weight is 329 g/mol. The van der Waals surface area contributed by atoms with Crippen LogP contribution in [-0.2, 0) is 11.3 Å². The Hall–Kier alpha value is -0.850. The lowest BCUT2D eigenvalue weighted by Crippen LogP contribution is -2.50. The maximum atomic E-state index is 10.6. The minimum absolute atomic E-state index is 0.345. The molecule has 1 fully saturated rings. The molecule has 2 N–H and O–H groups in total. The van der Waals surface area contributed by atoms with E-state index in [1.165, 1.54) is 0 Å². The van der Waals surface area contributed by atoms with Crippen molar-refractivity contribution in [3.63, 3.8) is 0 Å². The van der Waals surface area contributed by atoms with Crippen molar-refractivity contribution in [3.8, 4) is 5.75 Å². The van der Waals surface area contributed by atoms with Crippen molar-refractivity contribution in [3.05, 3.63) is 28.8 Å². The lowest BCUT2D eigenvalue weighted by molar-refractivity contribution is -0.0462. The highest BCUT2D eigenvalue weighted by molar-refractivity contribution is 6.30. The van der Waals surface area contributed by atoms with Gasteiger partial charge in [0, 0.05) is 36.8 Å². The van der Waals surface area contributed by atoms with Crippen molar-refractivity contribution < 1.29 is 14.6 Å². The maximum absolute atomic E-state index is 10.6. The molecule has 1 saturated heterocycles. The molecule has 0 saturated carbocycles. The number of nitrogens with zero attached hydrogens (tertiary/aromatic N) is 1. The van der Waals surface area contributed by atoms with Gasteiger partial charge in [-0.25, -0.2) is 0 Å². The van der Waals surface area contributed by atoms with Crippen molar-refractivity contribution in [1.29, 1.82) is 0 Å². The first-order chi connectivity index (χ1) is 10.5. The van der Waals surface area contributed by atoms with Crippen molar-refractivity contribution in [2.75, 3.05) is 46.5 Å². The van der Waals surface area contributed by atoms with Crippen LogP contribution in [-0.4, -0.2) is 62.1 Å². The summed E-state index contributed by atoms with van der Waals surface area (Å²) in [6.45, 7) is 6.02. The molecule has 0 amide bonds. The molecule has 1 heterocycles. The van der Waals surface area contributed by atoms with Crippen LogP contribution in [0, 0.1) is 0 Å². The van der Waals surface area contributed by atoms with E-state index in [0.29, 0.717) is 44.5 Å². The van der Waals surface area contributed by atoms with Crippen LogP contribution in [0.5, 0.6) is 5.75 Å². The summed E-state index contributed by atoms with van der Waals surface area (Å²) in [5.74, 6) is 0.834. The molecule has 22 heavy (non-hydrogen) atoms. The van der Waals surface area contributed by atoms with Crippen LogP contribution >= 0.6 is 11.6 Å². The van der Waals surface area contributed by atoms with E-state index in [-0.39, 0.29) is 0 Å². The van der Waals surface area contributed by atoms with Gasteiger partial charge in [-0.15, -0.1) is 0 Å². The Morgan fingerprint density at radius 1 is 1.50 bits per heavy atom. The lowest BCUT2D eigenvalue weighted by Gasteiger charge is -2.31.